The maximum atomic E-state index is 10.9. The highest BCUT2D eigenvalue weighted by atomic mass is 32.2. The smallest absolute Gasteiger partial charge is 0.215 e. The molecule has 1 aliphatic carbocycles. The summed E-state index contributed by atoms with van der Waals surface area (Å²) in [4.78, 5) is 10.7. The summed E-state index contributed by atoms with van der Waals surface area (Å²) in [7, 11) is -3.63. The van der Waals surface area contributed by atoms with E-state index >= 15 is 0 Å². The zero-order valence-corrected chi connectivity index (χ0v) is 7.30. The van der Waals surface area contributed by atoms with Gasteiger partial charge in [-0.25, -0.2) is 13.6 Å². The molecule has 0 aromatic rings. The normalized spacial score (nSPS) is 20.5. The highest BCUT2D eigenvalue weighted by molar-refractivity contribution is 7.90. The van der Waals surface area contributed by atoms with E-state index in [4.69, 9.17) is 10.2 Å². The third kappa shape index (κ3) is 1.65. The minimum atomic E-state index is -3.63. The van der Waals surface area contributed by atoms with Gasteiger partial charge in [-0.2, -0.15) is 0 Å². The fourth-order valence-electron chi connectivity index (χ4n) is 1.12. The monoisotopic (exact) mass is 193 g/mol. The number of hydrogen-bond acceptors (Lipinski definition) is 4. The van der Waals surface area contributed by atoms with Crippen LogP contribution >= 0.6 is 0 Å². The van der Waals surface area contributed by atoms with Crippen LogP contribution in [0.1, 0.15) is 19.3 Å². The van der Waals surface area contributed by atoms with E-state index in [-0.39, 0.29) is 6.42 Å². The lowest BCUT2D eigenvalue weighted by molar-refractivity contribution is -0.121. The first-order valence-corrected chi connectivity index (χ1v) is 5.11. The van der Waals surface area contributed by atoms with Crippen LogP contribution in [0.5, 0.6) is 0 Å². The van der Waals surface area contributed by atoms with Gasteiger partial charge in [-0.05, 0) is 12.8 Å². The largest absolute Gasteiger partial charge is 0.389 e. The third-order valence-electron chi connectivity index (χ3n) is 2.11. The molecule has 0 amide bonds. The summed E-state index contributed by atoms with van der Waals surface area (Å²) in [6.45, 7) is -0.614. The highest BCUT2D eigenvalue weighted by Crippen LogP contribution is 2.45. The van der Waals surface area contributed by atoms with Gasteiger partial charge < -0.3 is 5.11 Å². The fraction of sp³-hybridized carbons (Fsp3) is 0.833. The summed E-state index contributed by atoms with van der Waals surface area (Å²) in [5, 5.41) is 13.3. The predicted octanol–water partition coefficient (Wildman–Crippen LogP) is -1.24. The summed E-state index contributed by atoms with van der Waals surface area (Å²) in [6, 6.07) is 0. The number of rotatable bonds is 4. The van der Waals surface area contributed by atoms with Gasteiger partial charge in [-0.1, -0.05) is 0 Å². The van der Waals surface area contributed by atoms with E-state index in [2.05, 4.69) is 0 Å². The van der Waals surface area contributed by atoms with Gasteiger partial charge in [0.1, 0.15) is 6.61 Å². The van der Waals surface area contributed by atoms with Crippen LogP contribution < -0.4 is 5.14 Å². The number of nitrogens with two attached hydrogens (primary N) is 1. The molecule has 0 unspecified atom stereocenters. The summed E-state index contributed by atoms with van der Waals surface area (Å²) in [6.07, 6.45) is 0.706. The second-order valence-corrected chi connectivity index (χ2v) is 5.06. The second-order valence-electron chi connectivity index (χ2n) is 3.10. The molecule has 70 valence electrons. The van der Waals surface area contributed by atoms with Gasteiger partial charge in [0.15, 0.2) is 5.78 Å². The number of ketones is 1. The van der Waals surface area contributed by atoms with Crippen molar-refractivity contribution in [2.45, 2.75) is 24.0 Å². The van der Waals surface area contributed by atoms with Crippen LogP contribution in [-0.2, 0) is 14.8 Å². The first-order valence-electron chi connectivity index (χ1n) is 3.56. The van der Waals surface area contributed by atoms with Crippen LogP contribution in [0.3, 0.4) is 0 Å². The third-order valence-corrected chi connectivity index (χ3v) is 3.87. The molecule has 1 rings (SSSR count). The molecule has 3 N–H and O–H groups in total. The Morgan fingerprint density at radius 1 is 1.50 bits per heavy atom. The zero-order chi connectivity index (χ0) is 9.41. The van der Waals surface area contributed by atoms with E-state index in [1.165, 1.54) is 0 Å². The van der Waals surface area contributed by atoms with Gasteiger partial charge in [0.2, 0.25) is 10.0 Å². The fourth-order valence-corrected chi connectivity index (χ4v) is 2.15. The van der Waals surface area contributed by atoms with E-state index in [0.717, 1.165) is 0 Å². The molecule has 0 atom stereocenters. The van der Waals surface area contributed by atoms with E-state index in [1.807, 2.05) is 0 Å². The summed E-state index contributed by atoms with van der Waals surface area (Å²) >= 11 is 0. The lowest BCUT2D eigenvalue weighted by Crippen LogP contribution is -2.33. The van der Waals surface area contributed by atoms with Gasteiger partial charge in [-0.3, -0.25) is 4.79 Å². The molecule has 1 saturated carbocycles. The van der Waals surface area contributed by atoms with Crippen LogP contribution in [0.25, 0.3) is 0 Å². The van der Waals surface area contributed by atoms with Gasteiger partial charge in [-0.15, -0.1) is 0 Å². The van der Waals surface area contributed by atoms with Gasteiger partial charge in [0.05, 0.1) is 4.75 Å². The molecule has 12 heavy (non-hydrogen) atoms. The van der Waals surface area contributed by atoms with Crippen LogP contribution in [-0.4, -0.2) is 30.7 Å². The number of aliphatic hydroxyl groups excluding tert-OH is 1. The van der Waals surface area contributed by atoms with Crippen LogP contribution in [0.15, 0.2) is 0 Å². The number of primary sulfonamides is 1. The van der Waals surface area contributed by atoms with E-state index < -0.39 is 27.2 Å². The number of carbonyl (C=O) groups is 1. The number of sulfonamides is 1. The molecule has 1 aliphatic rings. The molecule has 0 spiro atoms. The maximum absolute atomic E-state index is 10.9. The number of aliphatic hydroxyl groups is 1. The second kappa shape index (κ2) is 2.79. The molecule has 0 aromatic carbocycles. The van der Waals surface area contributed by atoms with Crippen molar-refractivity contribution in [2.24, 2.45) is 5.14 Å². The van der Waals surface area contributed by atoms with Crippen molar-refractivity contribution in [1.82, 2.24) is 0 Å². The molecule has 0 bridgehead atoms. The number of hydrogen-bond donors (Lipinski definition) is 2. The maximum Gasteiger partial charge on any atom is 0.215 e. The molecule has 1 fully saturated rings. The first kappa shape index (κ1) is 9.63. The summed E-state index contributed by atoms with van der Waals surface area (Å²) in [5.74, 6) is -0.471. The Morgan fingerprint density at radius 2 is 2.00 bits per heavy atom. The first-order chi connectivity index (χ1) is 5.41. The molecule has 0 radical (unpaired) electrons. The Labute approximate surface area is 70.6 Å². The molecule has 5 nitrogen and oxygen atoms in total. The van der Waals surface area contributed by atoms with Gasteiger partial charge in [0, 0.05) is 6.42 Å². The van der Waals surface area contributed by atoms with E-state index in [9.17, 15) is 13.2 Å². The van der Waals surface area contributed by atoms with Crippen molar-refractivity contribution in [1.29, 1.82) is 0 Å². The van der Waals surface area contributed by atoms with Gasteiger partial charge >= 0.3 is 0 Å². The highest BCUT2D eigenvalue weighted by Gasteiger charge is 2.53. The van der Waals surface area contributed by atoms with Crippen molar-refractivity contribution < 1.29 is 18.3 Å². The molecule has 0 heterocycles. The van der Waals surface area contributed by atoms with Crippen molar-refractivity contribution in [2.75, 3.05) is 6.61 Å². The molecule has 0 aromatic heterocycles. The predicted molar refractivity (Wildman–Crippen MR) is 41.8 cm³/mol. The van der Waals surface area contributed by atoms with E-state index in [0.29, 0.717) is 12.8 Å². The Balaban J connectivity index is 2.70. The van der Waals surface area contributed by atoms with E-state index in [1.54, 1.807) is 0 Å². The minimum Gasteiger partial charge on any atom is -0.389 e. The van der Waals surface area contributed by atoms with Gasteiger partial charge in [0.25, 0.3) is 0 Å². The number of carbonyl (C=O) groups excluding carboxylic acids is 1. The Kier molecular flexibility index (Phi) is 2.24. The summed E-state index contributed by atoms with van der Waals surface area (Å²) < 4.78 is 20.8. The standard InChI is InChI=1S/C6H11NO4S/c7-12(10,11)6(1-2-6)3-5(9)4-8/h8H,1-4H2,(H2,7,10,11). The quantitative estimate of drug-likeness (QED) is 0.583. The van der Waals surface area contributed by atoms with Crippen molar-refractivity contribution >= 4 is 15.8 Å². The SMILES string of the molecule is NS(=O)(=O)C1(CC(=O)CO)CC1. The lowest BCUT2D eigenvalue weighted by Gasteiger charge is -2.09. The number of Topliss-reactive ketones (excluding diaryl/α,β-unsaturated/α-hetero) is 1. The molecular weight excluding hydrogens is 182 g/mol. The minimum absolute atomic E-state index is 0.150. The van der Waals surface area contributed by atoms with Crippen molar-refractivity contribution in [3.05, 3.63) is 0 Å². The van der Waals surface area contributed by atoms with Crippen LogP contribution in [0.4, 0.5) is 0 Å². The molecule has 0 saturated heterocycles. The zero-order valence-electron chi connectivity index (χ0n) is 6.49. The Hall–Kier alpha value is -0.460. The molecule has 0 aliphatic heterocycles. The Bertz CT molecular complexity index is 291. The topological polar surface area (TPSA) is 97.5 Å². The van der Waals surface area contributed by atoms with Crippen molar-refractivity contribution in [3.63, 3.8) is 0 Å². The van der Waals surface area contributed by atoms with Crippen LogP contribution in [0, 0.1) is 0 Å². The summed E-state index contributed by atoms with van der Waals surface area (Å²) in [5.41, 5.74) is 0. The van der Waals surface area contributed by atoms with Crippen LogP contribution in [0.2, 0.25) is 0 Å². The average molecular weight is 193 g/mol. The lowest BCUT2D eigenvalue weighted by atomic mass is 10.2. The van der Waals surface area contributed by atoms with Crippen molar-refractivity contribution in [3.8, 4) is 0 Å². The molecule has 6 heteroatoms. The molecular formula is C6H11NO4S. The Morgan fingerprint density at radius 3 is 2.25 bits per heavy atom. The average Bonchev–Trinajstić information content (AvgIpc) is 2.67.